The summed E-state index contributed by atoms with van der Waals surface area (Å²) in [4.78, 5) is 32.5. The van der Waals surface area contributed by atoms with E-state index >= 15 is 0 Å². The maximum absolute atomic E-state index is 13.6. The smallest absolute Gasteiger partial charge is 0.338 e. The van der Waals surface area contributed by atoms with Gasteiger partial charge in [-0.2, -0.15) is 0 Å². The normalized spacial score (nSPS) is 15.3. The minimum absolute atomic E-state index is 0.120. The minimum Gasteiger partial charge on any atom is -0.493 e. The summed E-state index contributed by atoms with van der Waals surface area (Å²) in [7, 11) is 1.55. The molecule has 0 fully saturated rings. The molecule has 2 aromatic heterocycles. The Morgan fingerprint density at radius 2 is 2.20 bits per heavy atom. The molecule has 180 valence electrons. The second kappa shape index (κ2) is 10.8. The highest BCUT2D eigenvalue weighted by molar-refractivity contribution is 14.1. The number of hydrogen-bond acceptors (Lipinski definition) is 8. The molecule has 0 spiro atoms. The topological polar surface area (TPSA) is 79.1 Å². The first-order valence-electron chi connectivity index (χ1n) is 10.6. The fraction of sp³-hybridized carbons (Fsp3) is 0.240. The van der Waals surface area contributed by atoms with Crippen LogP contribution in [0, 0.1) is 15.9 Å². The molecule has 0 aliphatic carbocycles. The van der Waals surface area contributed by atoms with Gasteiger partial charge in [-0.05, 0) is 71.7 Å². The molecule has 35 heavy (non-hydrogen) atoms. The predicted molar refractivity (Wildman–Crippen MR) is 145 cm³/mol. The molecule has 3 heterocycles. The van der Waals surface area contributed by atoms with Crippen molar-refractivity contribution in [2.24, 2.45) is 4.99 Å². The van der Waals surface area contributed by atoms with Crippen molar-refractivity contribution in [3.63, 3.8) is 0 Å². The first kappa shape index (κ1) is 25.2. The number of hydrogen-bond donors (Lipinski definition) is 0. The van der Waals surface area contributed by atoms with Crippen molar-refractivity contribution in [3.8, 4) is 23.8 Å². The van der Waals surface area contributed by atoms with Crippen LogP contribution in [0.3, 0.4) is 0 Å². The van der Waals surface area contributed by atoms with Crippen molar-refractivity contribution < 1.29 is 19.0 Å². The number of rotatable bonds is 7. The Bertz CT molecular complexity index is 1530. The molecule has 7 nitrogen and oxygen atoms in total. The molecule has 0 radical (unpaired) electrons. The summed E-state index contributed by atoms with van der Waals surface area (Å²) in [6, 6.07) is 6.89. The number of terminal acetylenes is 1. The van der Waals surface area contributed by atoms with E-state index in [0.29, 0.717) is 32.1 Å². The lowest BCUT2D eigenvalue weighted by Gasteiger charge is -2.23. The highest BCUT2D eigenvalue weighted by atomic mass is 127. The predicted octanol–water partition coefficient (Wildman–Crippen LogP) is 3.49. The molecule has 0 saturated carbocycles. The highest BCUT2D eigenvalue weighted by Crippen LogP contribution is 2.35. The second-order valence-corrected chi connectivity index (χ2v) is 10.5. The van der Waals surface area contributed by atoms with Crippen LogP contribution in [0.1, 0.15) is 30.3 Å². The lowest BCUT2D eigenvalue weighted by Crippen LogP contribution is -2.39. The van der Waals surface area contributed by atoms with Crippen LogP contribution in [-0.4, -0.2) is 30.9 Å². The number of allylic oxidation sites excluding steroid dienone is 1. The molecule has 3 aromatic rings. The van der Waals surface area contributed by atoms with Crippen molar-refractivity contribution in [1.82, 2.24) is 4.57 Å². The molecule has 1 atom stereocenters. The molecule has 4 rings (SSSR count). The van der Waals surface area contributed by atoms with E-state index in [1.165, 1.54) is 22.7 Å². The third-order valence-corrected chi connectivity index (χ3v) is 7.89. The number of thiophene rings is 1. The number of esters is 1. The minimum atomic E-state index is -0.596. The number of ether oxygens (including phenoxy) is 3. The summed E-state index contributed by atoms with van der Waals surface area (Å²) in [5.74, 6) is 3.05. The maximum atomic E-state index is 13.6. The van der Waals surface area contributed by atoms with Crippen molar-refractivity contribution in [2.75, 3.05) is 20.3 Å². The van der Waals surface area contributed by atoms with Gasteiger partial charge < -0.3 is 14.2 Å². The summed E-state index contributed by atoms with van der Waals surface area (Å²) in [6.45, 7) is 3.88. The van der Waals surface area contributed by atoms with Crippen molar-refractivity contribution in [1.29, 1.82) is 0 Å². The van der Waals surface area contributed by atoms with Crippen LogP contribution in [0.15, 0.2) is 50.7 Å². The van der Waals surface area contributed by atoms with Gasteiger partial charge in [-0.1, -0.05) is 23.3 Å². The van der Waals surface area contributed by atoms with Crippen molar-refractivity contribution in [3.05, 3.63) is 74.6 Å². The number of carbonyl (C=O) groups excluding carboxylic acids is 1. The van der Waals surface area contributed by atoms with E-state index in [9.17, 15) is 9.59 Å². The number of nitrogens with zero attached hydrogens (tertiary/aromatic N) is 2. The number of benzene rings is 1. The van der Waals surface area contributed by atoms with Crippen LogP contribution in [0.2, 0.25) is 0 Å². The van der Waals surface area contributed by atoms with Crippen LogP contribution in [0.4, 0.5) is 0 Å². The van der Waals surface area contributed by atoms with Crippen molar-refractivity contribution >= 4 is 57.3 Å². The number of aromatic nitrogens is 1. The first-order valence-corrected chi connectivity index (χ1v) is 13.3. The van der Waals surface area contributed by atoms with Crippen molar-refractivity contribution in [2.45, 2.75) is 19.9 Å². The summed E-state index contributed by atoms with van der Waals surface area (Å²) in [5, 5.41) is 1.92. The van der Waals surface area contributed by atoms with Gasteiger partial charge in [0.1, 0.15) is 12.6 Å². The quantitative estimate of drug-likeness (QED) is 0.230. The monoisotopic (exact) mass is 620 g/mol. The Kier molecular flexibility index (Phi) is 7.78. The zero-order valence-corrected chi connectivity index (χ0v) is 23.0. The van der Waals surface area contributed by atoms with Gasteiger partial charge >= 0.3 is 5.97 Å². The Labute approximate surface area is 223 Å². The van der Waals surface area contributed by atoms with E-state index in [0.717, 1.165) is 14.0 Å². The third-order valence-electron chi connectivity index (χ3n) is 5.18. The van der Waals surface area contributed by atoms with Crippen LogP contribution < -0.4 is 24.4 Å². The fourth-order valence-electron chi connectivity index (χ4n) is 3.74. The molecular weight excluding hydrogens is 599 g/mol. The Morgan fingerprint density at radius 3 is 2.86 bits per heavy atom. The lowest BCUT2D eigenvalue weighted by molar-refractivity contribution is -0.139. The molecule has 0 bridgehead atoms. The van der Waals surface area contributed by atoms with Gasteiger partial charge in [0.15, 0.2) is 16.3 Å². The van der Waals surface area contributed by atoms with E-state index in [-0.39, 0.29) is 18.8 Å². The van der Waals surface area contributed by atoms with Crippen LogP contribution in [-0.2, 0) is 9.53 Å². The van der Waals surface area contributed by atoms with Crippen LogP contribution in [0.25, 0.3) is 6.08 Å². The fourth-order valence-corrected chi connectivity index (χ4v) is 6.39. The maximum Gasteiger partial charge on any atom is 0.338 e. The molecule has 0 N–H and O–H groups in total. The zero-order chi connectivity index (χ0) is 25.1. The molecule has 0 unspecified atom stereocenters. The average Bonchev–Trinajstić information content (AvgIpc) is 3.46. The van der Waals surface area contributed by atoms with Crippen LogP contribution in [0.5, 0.6) is 11.5 Å². The molecular formula is C25H21IN2O5S2. The number of carbonyl (C=O) groups is 1. The summed E-state index contributed by atoms with van der Waals surface area (Å²) in [5.41, 5.74) is 1.45. The number of thiazole rings is 1. The van der Waals surface area contributed by atoms with E-state index in [2.05, 4.69) is 33.5 Å². The Hall–Kier alpha value is -2.88. The Balaban J connectivity index is 1.88. The molecule has 10 heteroatoms. The van der Waals surface area contributed by atoms with Gasteiger partial charge in [-0.3, -0.25) is 9.36 Å². The Morgan fingerprint density at radius 1 is 1.40 bits per heavy atom. The van der Waals surface area contributed by atoms with Gasteiger partial charge in [-0.15, -0.1) is 17.8 Å². The molecule has 0 amide bonds. The second-order valence-electron chi connectivity index (χ2n) is 7.34. The summed E-state index contributed by atoms with van der Waals surface area (Å²) >= 11 is 4.89. The van der Waals surface area contributed by atoms with Gasteiger partial charge in [0, 0.05) is 4.88 Å². The SMILES string of the molecule is C#CCOc1c(I)cc(/C=c2\sc3n(c2=O)[C@@H](c2cccs2)C(C(=O)OCC)=C(C)N=3)cc1OC. The first-order chi connectivity index (χ1) is 16.9. The lowest BCUT2D eigenvalue weighted by atomic mass is 10.0. The number of halogens is 1. The molecule has 1 aliphatic rings. The van der Waals surface area contributed by atoms with E-state index in [1.54, 1.807) is 37.7 Å². The van der Waals surface area contributed by atoms with Gasteiger partial charge in [0.05, 0.1) is 33.1 Å². The van der Waals surface area contributed by atoms with E-state index in [1.807, 2.05) is 23.6 Å². The highest BCUT2D eigenvalue weighted by Gasteiger charge is 2.33. The van der Waals surface area contributed by atoms with E-state index < -0.39 is 12.0 Å². The average molecular weight is 620 g/mol. The van der Waals surface area contributed by atoms with Gasteiger partial charge in [0.2, 0.25) is 0 Å². The summed E-state index contributed by atoms with van der Waals surface area (Å²) in [6.07, 6.45) is 7.10. The largest absolute Gasteiger partial charge is 0.493 e. The zero-order valence-electron chi connectivity index (χ0n) is 19.2. The summed E-state index contributed by atoms with van der Waals surface area (Å²) < 4.78 is 19.3. The number of methoxy groups -OCH3 is 1. The third kappa shape index (κ3) is 4.94. The van der Waals surface area contributed by atoms with Crippen LogP contribution >= 0.6 is 45.3 Å². The van der Waals surface area contributed by atoms with Gasteiger partial charge in [0.25, 0.3) is 5.56 Å². The molecule has 0 saturated heterocycles. The molecule has 1 aliphatic heterocycles. The van der Waals surface area contributed by atoms with Gasteiger partial charge in [-0.25, -0.2) is 9.79 Å². The molecule has 1 aromatic carbocycles. The number of fused-ring (bicyclic) bond motifs is 1. The standard InChI is InChI=1S/C25H21IN2O5S2/c1-5-9-33-22-16(26)11-15(12-17(22)31-4)13-19-23(29)28-21(18-8-7-10-34-18)20(24(30)32-6-2)14(3)27-25(28)35-19/h1,7-8,10-13,21H,6,9H2,2-4H3/b19-13-/t21-/m0/s1. The van der Waals surface area contributed by atoms with E-state index in [4.69, 9.17) is 20.6 Å².